The van der Waals surface area contributed by atoms with Crippen molar-refractivity contribution in [1.29, 1.82) is 0 Å². The maximum atomic E-state index is 5.71. The van der Waals surface area contributed by atoms with Crippen molar-refractivity contribution in [2.24, 2.45) is 0 Å². The number of anilines is 1. The Balaban J connectivity index is 1.85. The van der Waals surface area contributed by atoms with Crippen LogP contribution in [0.25, 0.3) is 0 Å². The van der Waals surface area contributed by atoms with Crippen LogP contribution in [0, 0.1) is 0 Å². The number of hydrogen-bond acceptors (Lipinski definition) is 2. The standard InChI is InChI=1S/C14H14BrNO/c15-12-4-6-14(7-5-12)17-9-8-11-2-1-3-13(16)10-11/h1-7,10H,8-9,16H2. The highest BCUT2D eigenvalue weighted by atomic mass is 79.9. The Labute approximate surface area is 110 Å². The van der Waals surface area contributed by atoms with Gasteiger partial charge >= 0.3 is 0 Å². The molecule has 2 aromatic rings. The molecule has 0 heterocycles. The fourth-order valence-corrected chi connectivity index (χ4v) is 1.83. The number of hydrogen-bond donors (Lipinski definition) is 1. The highest BCUT2D eigenvalue weighted by molar-refractivity contribution is 9.10. The smallest absolute Gasteiger partial charge is 0.119 e. The second-order valence-electron chi connectivity index (χ2n) is 3.80. The minimum absolute atomic E-state index is 0.658. The van der Waals surface area contributed by atoms with Crippen molar-refractivity contribution >= 4 is 21.6 Å². The normalized spacial score (nSPS) is 10.2. The Kier molecular flexibility index (Phi) is 4.04. The SMILES string of the molecule is Nc1cccc(CCOc2ccc(Br)cc2)c1. The molecule has 0 atom stereocenters. The van der Waals surface area contributed by atoms with Gasteiger partial charge in [-0.25, -0.2) is 0 Å². The minimum Gasteiger partial charge on any atom is -0.493 e. The van der Waals surface area contributed by atoms with Crippen LogP contribution in [0.1, 0.15) is 5.56 Å². The topological polar surface area (TPSA) is 35.2 Å². The third-order valence-electron chi connectivity index (χ3n) is 2.42. The van der Waals surface area contributed by atoms with E-state index in [0.29, 0.717) is 6.61 Å². The van der Waals surface area contributed by atoms with Gasteiger partial charge < -0.3 is 10.5 Å². The van der Waals surface area contributed by atoms with Crippen molar-refractivity contribution in [2.75, 3.05) is 12.3 Å². The van der Waals surface area contributed by atoms with Gasteiger partial charge in [0, 0.05) is 16.6 Å². The Morgan fingerprint density at radius 1 is 1.06 bits per heavy atom. The van der Waals surface area contributed by atoms with Gasteiger partial charge in [0.15, 0.2) is 0 Å². The first-order valence-electron chi connectivity index (χ1n) is 5.47. The Morgan fingerprint density at radius 3 is 2.53 bits per heavy atom. The van der Waals surface area contributed by atoms with Crippen LogP contribution in [-0.4, -0.2) is 6.61 Å². The first-order valence-corrected chi connectivity index (χ1v) is 6.26. The van der Waals surface area contributed by atoms with E-state index >= 15 is 0 Å². The molecule has 17 heavy (non-hydrogen) atoms. The van der Waals surface area contributed by atoms with Crippen molar-refractivity contribution in [3.8, 4) is 5.75 Å². The molecule has 0 aliphatic rings. The molecule has 88 valence electrons. The maximum Gasteiger partial charge on any atom is 0.119 e. The maximum absolute atomic E-state index is 5.71. The average molecular weight is 292 g/mol. The van der Waals surface area contributed by atoms with Gasteiger partial charge in [0.1, 0.15) is 5.75 Å². The lowest BCUT2D eigenvalue weighted by Gasteiger charge is -2.06. The largest absolute Gasteiger partial charge is 0.493 e. The van der Waals surface area contributed by atoms with Gasteiger partial charge in [-0.1, -0.05) is 28.1 Å². The quantitative estimate of drug-likeness (QED) is 0.873. The molecular formula is C14H14BrNO. The summed E-state index contributed by atoms with van der Waals surface area (Å²) >= 11 is 3.39. The summed E-state index contributed by atoms with van der Waals surface area (Å²) in [5, 5.41) is 0. The number of nitrogen functional groups attached to an aromatic ring is 1. The van der Waals surface area contributed by atoms with Crippen LogP contribution in [0.2, 0.25) is 0 Å². The number of rotatable bonds is 4. The molecular weight excluding hydrogens is 278 g/mol. The van der Waals surface area contributed by atoms with E-state index in [1.807, 2.05) is 42.5 Å². The third-order valence-corrected chi connectivity index (χ3v) is 2.95. The first kappa shape index (κ1) is 12.0. The number of ether oxygens (including phenoxy) is 1. The van der Waals surface area contributed by atoms with Gasteiger partial charge in [0.25, 0.3) is 0 Å². The van der Waals surface area contributed by atoms with Crippen LogP contribution in [0.3, 0.4) is 0 Å². The van der Waals surface area contributed by atoms with Crippen LogP contribution >= 0.6 is 15.9 Å². The molecule has 2 aromatic carbocycles. The molecule has 0 spiro atoms. The summed E-state index contributed by atoms with van der Waals surface area (Å²) < 4.78 is 6.70. The summed E-state index contributed by atoms with van der Waals surface area (Å²) in [5.41, 5.74) is 7.71. The fourth-order valence-electron chi connectivity index (χ4n) is 1.57. The third kappa shape index (κ3) is 3.79. The van der Waals surface area contributed by atoms with Crippen LogP contribution in [0.5, 0.6) is 5.75 Å². The Morgan fingerprint density at radius 2 is 1.82 bits per heavy atom. The molecule has 0 fully saturated rings. The zero-order chi connectivity index (χ0) is 12.1. The van der Waals surface area contributed by atoms with E-state index in [2.05, 4.69) is 22.0 Å². The monoisotopic (exact) mass is 291 g/mol. The van der Waals surface area contributed by atoms with E-state index in [1.54, 1.807) is 0 Å². The van der Waals surface area contributed by atoms with E-state index in [4.69, 9.17) is 10.5 Å². The summed E-state index contributed by atoms with van der Waals surface area (Å²) in [6.07, 6.45) is 0.862. The lowest BCUT2D eigenvalue weighted by molar-refractivity contribution is 0.322. The van der Waals surface area contributed by atoms with E-state index in [-0.39, 0.29) is 0 Å². The minimum atomic E-state index is 0.658. The number of benzene rings is 2. The molecule has 3 heteroatoms. The van der Waals surface area contributed by atoms with Crippen LogP contribution in [0.15, 0.2) is 53.0 Å². The lowest BCUT2D eigenvalue weighted by atomic mass is 10.1. The van der Waals surface area contributed by atoms with Crippen molar-refractivity contribution in [3.05, 3.63) is 58.6 Å². The molecule has 0 saturated heterocycles. The predicted molar refractivity (Wildman–Crippen MR) is 74.2 cm³/mol. The van der Waals surface area contributed by atoms with Crippen molar-refractivity contribution in [3.63, 3.8) is 0 Å². The molecule has 2 nitrogen and oxygen atoms in total. The fraction of sp³-hybridized carbons (Fsp3) is 0.143. The predicted octanol–water partition coefficient (Wildman–Crippen LogP) is 3.65. The molecule has 0 aliphatic heterocycles. The highest BCUT2D eigenvalue weighted by Crippen LogP contribution is 2.16. The van der Waals surface area contributed by atoms with Gasteiger partial charge in [-0.3, -0.25) is 0 Å². The summed E-state index contributed by atoms with van der Waals surface area (Å²) in [6, 6.07) is 15.7. The van der Waals surface area contributed by atoms with Gasteiger partial charge in [0.05, 0.1) is 6.61 Å². The van der Waals surface area contributed by atoms with E-state index < -0.39 is 0 Å². The van der Waals surface area contributed by atoms with Crippen LogP contribution < -0.4 is 10.5 Å². The Bertz CT molecular complexity index is 482. The zero-order valence-electron chi connectivity index (χ0n) is 9.40. The van der Waals surface area contributed by atoms with E-state index in [1.165, 1.54) is 5.56 Å². The number of halogens is 1. The summed E-state index contributed by atoms with van der Waals surface area (Å²) in [6.45, 7) is 0.658. The van der Waals surface area contributed by atoms with E-state index in [0.717, 1.165) is 22.3 Å². The summed E-state index contributed by atoms with van der Waals surface area (Å²) in [7, 11) is 0. The van der Waals surface area contributed by atoms with Crippen molar-refractivity contribution in [1.82, 2.24) is 0 Å². The molecule has 0 saturated carbocycles. The zero-order valence-corrected chi connectivity index (χ0v) is 11.0. The van der Waals surface area contributed by atoms with E-state index in [9.17, 15) is 0 Å². The molecule has 0 radical (unpaired) electrons. The molecule has 0 aliphatic carbocycles. The molecule has 0 bridgehead atoms. The summed E-state index contributed by atoms with van der Waals surface area (Å²) in [4.78, 5) is 0. The molecule has 2 N–H and O–H groups in total. The summed E-state index contributed by atoms with van der Waals surface area (Å²) in [5.74, 6) is 0.886. The first-order chi connectivity index (χ1) is 8.24. The lowest BCUT2D eigenvalue weighted by Crippen LogP contribution is -2.01. The molecule has 0 unspecified atom stereocenters. The molecule has 2 rings (SSSR count). The molecule has 0 amide bonds. The number of nitrogens with two attached hydrogens (primary N) is 1. The van der Waals surface area contributed by atoms with Crippen LogP contribution in [-0.2, 0) is 6.42 Å². The van der Waals surface area contributed by atoms with Gasteiger partial charge in [0.2, 0.25) is 0 Å². The highest BCUT2D eigenvalue weighted by Gasteiger charge is 1.96. The average Bonchev–Trinajstić information content (AvgIpc) is 2.32. The van der Waals surface area contributed by atoms with Gasteiger partial charge in [-0.05, 0) is 42.0 Å². The second kappa shape index (κ2) is 5.73. The molecule has 0 aromatic heterocycles. The van der Waals surface area contributed by atoms with Crippen molar-refractivity contribution < 1.29 is 4.74 Å². The van der Waals surface area contributed by atoms with Crippen molar-refractivity contribution in [2.45, 2.75) is 6.42 Å². The van der Waals surface area contributed by atoms with Gasteiger partial charge in [-0.2, -0.15) is 0 Å². The van der Waals surface area contributed by atoms with Crippen LogP contribution in [0.4, 0.5) is 5.69 Å². The second-order valence-corrected chi connectivity index (χ2v) is 4.71. The Hall–Kier alpha value is -1.48. The van der Waals surface area contributed by atoms with Gasteiger partial charge in [-0.15, -0.1) is 0 Å².